The van der Waals surface area contributed by atoms with Crippen LogP contribution in [-0.2, 0) is 49.5 Å². The molecule has 0 radical (unpaired) electrons. The third-order valence-corrected chi connectivity index (χ3v) is 14.1. The Labute approximate surface area is 403 Å². The molecular formula is C50H79N9O9. The van der Waals surface area contributed by atoms with Gasteiger partial charge >= 0.3 is 0 Å². The summed E-state index contributed by atoms with van der Waals surface area (Å²) in [5.41, 5.74) is 9.40. The maximum atomic E-state index is 14.7. The zero-order valence-corrected chi connectivity index (χ0v) is 42.3. The number of ketones is 1. The topological polar surface area (TPSA) is 211 Å². The number of carbonyl (C=O) groups excluding carboxylic acids is 7. The van der Waals surface area contributed by atoms with Gasteiger partial charge in [-0.05, 0) is 55.4 Å². The number of nitrogens with one attached hydrogen (secondary N) is 4. The number of likely N-dealkylation sites (N-methyl/N-ethyl adjacent to an activating group) is 2. The van der Waals surface area contributed by atoms with Crippen molar-refractivity contribution in [1.29, 1.82) is 0 Å². The second kappa shape index (κ2) is 26.5. The number of hydrogen-bond acceptors (Lipinski definition) is 13. The number of hydrazone groups is 1. The number of benzene rings is 1. The second-order valence-corrected chi connectivity index (χ2v) is 19.4. The summed E-state index contributed by atoms with van der Waals surface area (Å²) in [6.07, 6.45) is 5.64. The Balaban J connectivity index is 1.42. The van der Waals surface area contributed by atoms with Crippen LogP contribution in [0.25, 0.3) is 0 Å². The third kappa shape index (κ3) is 14.4. The van der Waals surface area contributed by atoms with E-state index in [0.717, 1.165) is 12.0 Å². The van der Waals surface area contributed by atoms with E-state index in [2.05, 4.69) is 26.9 Å². The molecule has 9 atom stereocenters. The van der Waals surface area contributed by atoms with Crippen LogP contribution in [0.4, 0.5) is 0 Å². The lowest BCUT2D eigenvalue weighted by Crippen LogP contribution is -2.55. The predicted molar refractivity (Wildman–Crippen MR) is 259 cm³/mol. The van der Waals surface area contributed by atoms with Crippen molar-refractivity contribution in [2.45, 2.75) is 149 Å². The van der Waals surface area contributed by atoms with Crippen LogP contribution in [-0.4, -0.2) is 144 Å². The van der Waals surface area contributed by atoms with Crippen LogP contribution in [0.2, 0.25) is 0 Å². The Kier molecular flexibility index (Phi) is 21.6. The van der Waals surface area contributed by atoms with E-state index in [9.17, 15) is 33.6 Å². The van der Waals surface area contributed by atoms with Gasteiger partial charge in [0.05, 0.1) is 48.7 Å². The summed E-state index contributed by atoms with van der Waals surface area (Å²) < 4.78 is 12.1. The molecule has 1 unspecified atom stereocenters. The number of amides is 6. The van der Waals surface area contributed by atoms with E-state index in [1.165, 1.54) is 22.0 Å². The van der Waals surface area contributed by atoms with Crippen molar-refractivity contribution >= 4 is 47.1 Å². The number of amidine groups is 1. The molecule has 378 valence electrons. The molecule has 0 aromatic heterocycles. The molecule has 1 saturated heterocycles. The zero-order valence-electron chi connectivity index (χ0n) is 42.3. The van der Waals surface area contributed by atoms with Gasteiger partial charge in [0.1, 0.15) is 0 Å². The number of ether oxygens (including phenoxy) is 2. The molecule has 1 fully saturated rings. The van der Waals surface area contributed by atoms with Gasteiger partial charge in [0.15, 0.2) is 11.6 Å². The fraction of sp³-hybridized carbons (Fsp3) is 0.680. The Morgan fingerprint density at radius 1 is 0.882 bits per heavy atom. The highest BCUT2D eigenvalue weighted by Crippen LogP contribution is 2.31. The molecule has 0 aliphatic carbocycles. The minimum Gasteiger partial charge on any atom is -0.379 e. The number of nitrogens with zero attached hydrogens (tertiary/aromatic N) is 5. The van der Waals surface area contributed by atoms with E-state index in [0.29, 0.717) is 57.5 Å². The summed E-state index contributed by atoms with van der Waals surface area (Å²) in [5, 5.41) is 7.41. The fourth-order valence-corrected chi connectivity index (χ4v) is 10.00. The van der Waals surface area contributed by atoms with Crippen molar-refractivity contribution < 1.29 is 43.0 Å². The van der Waals surface area contributed by atoms with Crippen LogP contribution >= 0.6 is 0 Å². The summed E-state index contributed by atoms with van der Waals surface area (Å²) in [6.45, 7) is 14.2. The molecule has 3 aliphatic rings. The van der Waals surface area contributed by atoms with E-state index in [1.807, 2.05) is 78.8 Å². The monoisotopic (exact) mass is 950 g/mol. The van der Waals surface area contributed by atoms with E-state index < -0.39 is 42.2 Å². The number of hydrazine groups is 2. The first-order valence-electron chi connectivity index (χ1n) is 24.5. The molecule has 18 nitrogen and oxygen atoms in total. The van der Waals surface area contributed by atoms with E-state index in [4.69, 9.17) is 9.47 Å². The van der Waals surface area contributed by atoms with Crippen molar-refractivity contribution in [3.8, 4) is 0 Å². The molecule has 3 heterocycles. The van der Waals surface area contributed by atoms with Gasteiger partial charge in [-0.2, -0.15) is 0 Å². The first-order valence-corrected chi connectivity index (χ1v) is 24.5. The maximum absolute atomic E-state index is 14.7. The third-order valence-electron chi connectivity index (χ3n) is 14.1. The molecule has 18 heteroatoms. The smallest absolute Gasteiger partial charge is 0.253 e. The first-order chi connectivity index (χ1) is 32.4. The van der Waals surface area contributed by atoms with Crippen LogP contribution in [0.1, 0.15) is 112 Å². The van der Waals surface area contributed by atoms with Gasteiger partial charge in [0.2, 0.25) is 23.6 Å². The van der Waals surface area contributed by atoms with Crippen LogP contribution < -0.4 is 21.8 Å². The minimum atomic E-state index is -0.746. The SMILES string of the molecule is CC[C@H](C)[C@@H]([C@@H](CC(=O)N1CCC[C@H]1[C@H](OC)[C@@H](C)C(=O)N[C@@H](Cc1ccccc1)C1=NNNN1)OC)N(C)C(=O)[C@@H](CC(=O)C(C(C)C)N(C)C(=O)CCCCCN1C(=O)C=CC1=O)C(C)C. The number of methoxy groups -OCH3 is 2. The standard InChI is InChI=1S/C50H79N9O9/c1-12-33(6)46(57(9)50(66)36(31(2)3)29-39(60)45(32(4)5)56(8)41(61)23-17-14-18-26-59-42(62)24-25-43(59)63)40(67-10)30-44(64)58-27-19-22-38(58)47(68-11)34(7)49(65)51-37(48-52-54-55-53-48)28-35-20-15-13-16-21-35/h13,15-16,20-21,24-25,31-34,36-38,40,45-47,54-55H,12,14,17-19,22-23,26-30H2,1-11H3,(H,51,65)(H,52,53)/t33-,34+,36-,37-,38-,40+,45?,46-,47+/m0/s1. The van der Waals surface area contributed by atoms with Crippen molar-refractivity contribution in [3.63, 3.8) is 0 Å². The number of hydrogen-bond donors (Lipinski definition) is 4. The van der Waals surface area contributed by atoms with Crippen molar-refractivity contribution in [2.75, 3.05) is 41.4 Å². The predicted octanol–water partition coefficient (Wildman–Crippen LogP) is 3.76. The molecule has 0 bridgehead atoms. The van der Waals surface area contributed by atoms with Gasteiger partial charge in [-0.1, -0.05) is 91.6 Å². The number of Topliss-reactive ketones (excluding diaryl/α,β-unsaturated/α-hetero) is 1. The molecule has 68 heavy (non-hydrogen) atoms. The largest absolute Gasteiger partial charge is 0.379 e. The van der Waals surface area contributed by atoms with Crippen molar-refractivity contribution in [2.24, 2.45) is 34.7 Å². The highest BCUT2D eigenvalue weighted by Gasteiger charge is 2.44. The van der Waals surface area contributed by atoms with Gasteiger partial charge in [0.25, 0.3) is 11.8 Å². The van der Waals surface area contributed by atoms with E-state index >= 15 is 0 Å². The van der Waals surface area contributed by atoms with Crippen LogP contribution in [0, 0.1) is 29.6 Å². The molecule has 1 aromatic rings. The first kappa shape index (κ1) is 55.4. The van der Waals surface area contributed by atoms with Crippen LogP contribution in [0.5, 0.6) is 0 Å². The maximum Gasteiger partial charge on any atom is 0.253 e. The minimum absolute atomic E-state index is 0.0133. The molecule has 3 aliphatic heterocycles. The van der Waals surface area contributed by atoms with Crippen LogP contribution in [0.3, 0.4) is 0 Å². The number of rotatable bonds is 28. The van der Waals surface area contributed by atoms with Crippen molar-refractivity contribution in [1.82, 2.24) is 41.4 Å². The molecular weight excluding hydrogens is 871 g/mol. The summed E-state index contributed by atoms with van der Waals surface area (Å²) in [7, 11) is 6.47. The number of unbranched alkanes of at least 4 members (excludes halogenated alkanes) is 2. The Morgan fingerprint density at radius 2 is 1.56 bits per heavy atom. The van der Waals surface area contributed by atoms with Crippen molar-refractivity contribution in [3.05, 3.63) is 48.0 Å². The molecule has 0 saturated carbocycles. The zero-order chi connectivity index (χ0) is 50.2. The van der Waals surface area contributed by atoms with Gasteiger partial charge in [-0.3, -0.25) is 43.9 Å². The molecule has 6 amide bonds. The quantitative estimate of drug-likeness (QED) is 0.0699. The fourth-order valence-electron chi connectivity index (χ4n) is 10.00. The lowest BCUT2D eigenvalue weighted by atomic mass is 9.83. The highest BCUT2D eigenvalue weighted by molar-refractivity contribution is 6.12. The Morgan fingerprint density at radius 3 is 2.13 bits per heavy atom. The number of imide groups is 1. The summed E-state index contributed by atoms with van der Waals surface area (Å²) in [4.78, 5) is 101. The van der Waals surface area contributed by atoms with Gasteiger partial charge in [-0.15, -0.1) is 10.6 Å². The van der Waals surface area contributed by atoms with Gasteiger partial charge in [0, 0.05) is 72.3 Å². The van der Waals surface area contributed by atoms with Gasteiger partial charge < -0.3 is 29.5 Å². The lowest BCUT2D eigenvalue weighted by molar-refractivity contribution is -0.149. The Bertz CT molecular complexity index is 1930. The molecule has 1 aromatic carbocycles. The second-order valence-electron chi connectivity index (χ2n) is 19.4. The van der Waals surface area contributed by atoms with E-state index in [-0.39, 0.29) is 84.3 Å². The molecule has 4 N–H and O–H groups in total. The highest BCUT2D eigenvalue weighted by atomic mass is 16.5. The van der Waals surface area contributed by atoms with Gasteiger partial charge in [-0.25, -0.2) is 5.53 Å². The average Bonchev–Trinajstić information content (AvgIpc) is 4.10. The summed E-state index contributed by atoms with van der Waals surface area (Å²) in [6, 6.07) is 7.70. The molecule has 4 rings (SSSR count). The average molecular weight is 950 g/mol. The number of carbonyl (C=O) groups is 7. The summed E-state index contributed by atoms with van der Waals surface area (Å²) >= 11 is 0. The lowest BCUT2D eigenvalue weighted by Gasteiger charge is -2.41. The summed E-state index contributed by atoms with van der Waals surface area (Å²) in [5.74, 6) is -2.99. The molecule has 0 spiro atoms. The number of likely N-dealkylation sites (tertiary alicyclic amines) is 1. The normalized spacial score (nSPS) is 19.4. The van der Waals surface area contributed by atoms with Crippen LogP contribution in [0.15, 0.2) is 47.6 Å². The van der Waals surface area contributed by atoms with E-state index in [1.54, 1.807) is 38.1 Å². The Hall–Kier alpha value is -5.20.